The largest absolute Gasteiger partial charge is 0.336 e. The monoisotopic (exact) mass is 212 g/mol. The zero-order chi connectivity index (χ0) is 10.4. The molecule has 0 bridgehead atoms. The van der Waals surface area contributed by atoms with Crippen molar-refractivity contribution in [2.45, 2.75) is 19.9 Å². The smallest absolute Gasteiger partial charge is 0.236 e. The molecule has 1 aromatic rings. The number of nitrogens with two attached hydrogens (primary N) is 1. The molecule has 0 atom stereocenters. The number of carbonyl (C=O) groups excluding carboxylic acids is 1. The van der Waals surface area contributed by atoms with Gasteiger partial charge in [-0.05, 0) is 17.9 Å². The highest BCUT2D eigenvalue weighted by Gasteiger charge is 2.11. The fourth-order valence-corrected chi connectivity index (χ4v) is 2.00. The van der Waals surface area contributed by atoms with Crippen LogP contribution in [0.2, 0.25) is 0 Å². The van der Waals surface area contributed by atoms with E-state index in [-0.39, 0.29) is 12.5 Å². The molecule has 3 nitrogen and oxygen atoms in total. The number of hydrogen-bond acceptors (Lipinski definition) is 3. The Morgan fingerprint density at radius 1 is 1.64 bits per heavy atom. The molecule has 0 spiro atoms. The quantitative estimate of drug-likeness (QED) is 0.803. The molecule has 1 rings (SSSR count). The summed E-state index contributed by atoms with van der Waals surface area (Å²) in [6, 6.07) is 4.04. The van der Waals surface area contributed by atoms with Crippen LogP contribution in [-0.4, -0.2) is 23.9 Å². The third-order valence-electron chi connectivity index (χ3n) is 1.95. The normalized spacial score (nSPS) is 10.1. The standard InChI is InChI=1S/C10H16N2OS/c1-2-5-12(10(13)7-11)8-9-4-3-6-14-9/h3-4,6H,2,5,7-8,11H2,1H3. The fraction of sp³-hybridized carbons (Fsp3) is 0.500. The summed E-state index contributed by atoms with van der Waals surface area (Å²) >= 11 is 1.67. The Morgan fingerprint density at radius 3 is 2.93 bits per heavy atom. The van der Waals surface area contributed by atoms with E-state index in [1.807, 2.05) is 22.4 Å². The summed E-state index contributed by atoms with van der Waals surface area (Å²) < 4.78 is 0. The summed E-state index contributed by atoms with van der Waals surface area (Å²) in [5.74, 6) is 0.0280. The molecular formula is C10H16N2OS. The number of carbonyl (C=O) groups is 1. The van der Waals surface area contributed by atoms with Crippen molar-refractivity contribution in [3.63, 3.8) is 0 Å². The first kappa shape index (κ1) is 11.2. The molecule has 0 saturated carbocycles. The molecule has 4 heteroatoms. The van der Waals surface area contributed by atoms with Gasteiger partial charge in [-0.15, -0.1) is 11.3 Å². The van der Waals surface area contributed by atoms with Gasteiger partial charge in [-0.2, -0.15) is 0 Å². The number of thiophene rings is 1. The Labute approximate surface area is 88.5 Å². The Bertz CT molecular complexity index is 272. The summed E-state index contributed by atoms with van der Waals surface area (Å²) in [6.45, 7) is 3.64. The molecule has 0 aliphatic carbocycles. The topological polar surface area (TPSA) is 46.3 Å². The van der Waals surface area contributed by atoms with Gasteiger partial charge in [-0.1, -0.05) is 13.0 Å². The highest BCUT2D eigenvalue weighted by molar-refractivity contribution is 7.09. The minimum absolute atomic E-state index is 0.0280. The van der Waals surface area contributed by atoms with Gasteiger partial charge in [-0.25, -0.2) is 0 Å². The molecule has 0 aliphatic rings. The fourth-order valence-electron chi connectivity index (χ4n) is 1.28. The maximum Gasteiger partial charge on any atom is 0.236 e. The lowest BCUT2D eigenvalue weighted by Crippen LogP contribution is -2.35. The van der Waals surface area contributed by atoms with E-state index < -0.39 is 0 Å². The molecule has 1 heterocycles. The van der Waals surface area contributed by atoms with Gasteiger partial charge in [0.2, 0.25) is 5.91 Å². The summed E-state index contributed by atoms with van der Waals surface area (Å²) in [6.07, 6.45) is 0.969. The average Bonchev–Trinajstić information content (AvgIpc) is 2.68. The Kier molecular flexibility index (Phi) is 4.62. The van der Waals surface area contributed by atoms with Crippen LogP contribution in [0.3, 0.4) is 0 Å². The van der Waals surface area contributed by atoms with E-state index in [0.717, 1.165) is 13.0 Å². The molecule has 14 heavy (non-hydrogen) atoms. The second-order valence-electron chi connectivity index (χ2n) is 3.10. The number of rotatable bonds is 5. The van der Waals surface area contributed by atoms with Gasteiger partial charge in [0.1, 0.15) is 0 Å². The van der Waals surface area contributed by atoms with Crippen LogP contribution < -0.4 is 5.73 Å². The molecule has 2 N–H and O–H groups in total. The van der Waals surface area contributed by atoms with Crippen LogP contribution in [0.4, 0.5) is 0 Å². The lowest BCUT2D eigenvalue weighted by molar-refractivity contribution is -0.130. The summed E-state index contributed by atoms with van der Waals surface area (Å²) in [5.41, 5.74) is 5.34. The number of nitrogens with zero attached hydrogens (tertiary/aromatic N) is 1. The van der Waals surface area contributed by atoms with Gasteiger partial charge in [0.15, 0.2) is 0 Å². The first-order chi connectivity index (χ1) is 6.77. The predicted octanol–water partition coefficient (Wildman–Crippen LogP) is 1.45. The SMILES string of the molecule is CCCN(Cc1cccs1)C(=O)CN. The van der Waals surface area contributed by atoms with E-state index in [1.54, 1.807) is 11.3 Å². The molecular weight excluding hydrogens is 196 g/mol. The maximum absolute atomic E-state index is 11.4. The van der Waals surface area contributed by atoms with Gasteiger partial charge in [0, 0.05) is 11.4 Å². The third kappa shape index (κ3) is 3.12. The second kappa shape index (κ2) is 5.78. The highest BCUT2D eigenvalue weighted by atomic mass is 32.1. The van der Waals surface area contributed by atoms with Gasteiger partial charge >= 0.3 is 0 Å². The van der Waals surface area contributed by atoms with Crippen molar-refractivity contribution in [3.8, 4) is 0 Å². The molecule has 1 aromatic heterocycles. The van der Waals surface area contributed by atoms with Gasteiger partial charge in [0.25, 0.3) is 0 Å². The summed E-state index contributed by atoms with van der Waals surface area (Å²) in [4.78, 5) is 14.5. The van der Waals surface area contributed by atoms with E-state index >= 15 is 0 Å². The molecule has 1 amide bonds. The lowest BCUT2D eigenvalue weighted by atomic mass is 10.3. The van der Waals surface area contributed by atoms with Crippen LogP contribution in [0, 0.1) is 0 Å². The van der Waals surface area contributed by atoms with Crippen molar-refractivity contribution in [2.75, 3.05) is 13.1 Å². The van der Waals surface area contributed by atoms with E-state index in [1.165, 1.54) is 4.88 Å². The molecule has 0 radical (unpaired) electrons. The van der Waals surface area contributed by atoms with Crippen molar-refractivity contribution in [1.29, 1.82) is 0 Å². The van der Waals surface area contributed by atoms with Crippen molar-refractivity contribution in [3.05, 3.63) is 22.4 Å². The van der Waals surface area contributed by atoms with Crippen LogP contribution in [0.1, 0.15) is 18.2 Å². The first-order valence-corrected chi connectivity index (χ1v) is 5.66. The van der Waals surface area contributed by atoms with E-state index in [9.17, 15) is 4.79 Å². The van der Waals surface area contributed by atoms with Gasteiger partial charge in [0.05, 0.1) is 13.1 Å². The van der Waals surface area contributed by atoms with Crippen molar-refractivity contribution >= 4 is 17.2 Å². The zero-order valence-electron chi connectivity index (χ0n) is 8.40. The molecule has 0 fully saturated rings. The van der Waals surface area contributed by atoms with E-state index in [0.29, 0.717) is 6.54 Å². The van der Waals surface area contributed by atoms with Crippen LogP contribution in [-0.2, 0) is 11.3 Å². The van der Waals surface area contributed by atoms with E-state index in [2.05, 4.69) is 6.92 Å². The molecule has 0 saturated heterocycles. The molecule has 0 unspecified atom stereocenters. The van der Waals surface area contributed by atoms with Crippen LogP contribution in [0.5, 0.6) is 0 Å². The van der Waals surface area contributed by atoms with Crippen molar-refractivity contribution < 1.29 is 4.79 Å². The molecule has 0 aromatic carbocycles. The van der Waals surface area contributed by atoms with E-state index in [4.69, 9.17) is 5.73 Å². The number of hydrogen-bond donors (Lipinski definition) is 1. The van der Waals surface area contributed by atoms with Crippen LogP contribution >= 0.6 is 11.3 Å². The van der Waals surface area contributed by atoms with Gasteiger partial charge < -0.3 is 10.6 Å². The minimum Gasteiger partial charge on any atom is -0.336 e. The average molecular weight is 212 g/mol. The first-order valence-electron chi connectivity index (χ1n) is 4.78. The Hall–Kier alpha value is -0.870. The number of amides is 1. The van der Waals surface area contributed by atoms with Gasteiger partial charge in [-0.3, -0.25) is 4.79 Å². The van der Waals surface area contributed by atoms with Crippen molar-refractivity contribution in [2.24, 2.45) is 5.73 Å². The Morgan fingerprint density at radius 2 is 2.43 bits per heavy atom. The molecule has 0 aliphatic heterocycles. The second-order valence-corrected chi connectivity index (χ2v) is 4.13. The highest BCUT2D eigenvalue weighted by Crippen LogP contribution is 2.11. The minimum atomic E-state index is 0.0280. The predicted molar refractivity (Wildman–Crippen MR) is 59.1 cm³/mol. The molecule has 78 valence electrons. The van der Waals surface area contributed by atoms with Crippen molar-refractivity contribution in [1.82, 2.24) is 4.90 Å². The summed E-state index contributed by atoms with van der Waals surface area (Å²) in [7, 11) is 0. The third-order valence-corrected chi connectivity index (χ3v) is 2.81. The lowest BCUT2D eigenvalue weighted by Gasteiger charge is -2.20. The Balaban J connectivity index is 2.55. The zero-order valence-corrected chi connectivity index (χ0v) is 9.22. The summed E-state index contributed by atoms with van der Waals surface area (Å²) in [5, 5.41) is 2.02. The van der Waals surface area contributed by atoms with Crippen LogP contribution in [0.15, 0.2) is 17.5 Å². The maximum atomic E-state index is 11.4. The van der Waals surface area contributed by atoms with Crippen LogP contribution in [0.25, 0.3) is 0 Å².